The van der Waals surface area contributed by atoms with Crippen molar-refractivity contribution in [3.05, 3.63) is 30.3 Å². The molecular formula is C11H14N4O2S. The van der Waals surface area contributed by atoms with Crippen molar-refractivity contribution in [2.75, 3.05) is 18.0 Å². The Hall–Kier alpha value is -1.73. The molecule has 2 amide bonds. The molecule has 1 atom stereocenters. The monoisotopic (exact) mass is 266 g/mol. The third-order valence-corrected chi connectivity index (χ3v) is 3.43. The van der Waals surface area contributed by atoms with E-state index in [1.165, 1.54) is 21.1 Å². The van der Waals surface area contributed by atoms with Gasteiger partial charge in [-0.3, -0.25) is 0 Å². The number of allylic oxidation sites excluding steroid dienone is 1. The van der Waals surface area contributed by atoms with Gasteiger partial charge in [0.2, 0.25) is 5.13 Å². The van der Waals surface area contributed by atoms with E-state index in [4.69, 9.17) is 0 Å². The lowest BCUT2D eigenvalue weighted by Crippen LogP contribution is -2.34. The van der Waals surface area contributed by atoms with Crippen molar-refractivity contribution >= 4 is 22.5 Å². The Morgan fingerprint density at radius 1 is 1.44 bits per heavy atom. The summed E-state index contributed by atoms with van der Waals surface area (Å²) in [6.45, 7) is 7.86. The van der Waals surface area contributed by atoms with Crippen LogP contribution in [0.4, 0.5) is 9.93 Å². The molecule has 1 aromatic rings. The van der Waals surface area contributed by atoms with Gasteiger partial charge in [0.05, 0.1) is 6.54 Å². The Morgan fingerprint density at radius 2 is 2.22 bits per heavy atom. The van der Waals surface area contributed by atoms with Crippen LogP contribution in [0, 0.1) is 0 Å². The van der Waals surface area contributed by atoms with Crippen molar-refractivity contribution in [3.8, 4) is 0 Å². The van der Waals surface area contributed by atoms with Crippen molar-refractivity contribution in [2.45, 2.75) is 12.6 Å². The van der Waals surface area contributed by atoms with Gasteiger partial charge in [-0.15, -0.1) is 23.4 Å². The number of urea groups is 1. The smallest absolute Gasteiger partial charge is 0.329 e. The van der Waals surface area contributed by atoms with Gasteiger partial charge in [-0.2, -0.15) is 0 Å². The van der Waals surface area contributed by atoms with Crippen LogP contribution in [0.2, 0.25) is 0 Å². The summed E-state index contributed by atoms with van der Waals surface area (Å²) >= 11 is 1.28. The van der Waals surface area contributed by atoms with Gasteiger partial charge in [-0.25, -0.2) is 9.69 Å². The van der Waals surface area contributed by atoms with E-state index in [-0.39, 0.29) is 12.6 Å². The lowest BCUT2D eigenvalue weighted by Gasteiger charge is -2.15. The van der Waals surface area contributed by atoms with E-state index in [1.54, 1.807) is 12.2 Å². The number of amides is 2. The van der Waals surface area contributed by atoms with E-state index in [9.17, 15) is 9.90 Å². The molecular weight excluding hydrogens is 252 g/mol. The van der Waals surface area contributed by atoms with Crippen LogP contribution in [-0.4, -0.2) is 45.6 Å². The van der Waals surface area contributed by atoms with Crippen LogP contribution in [0.25, 0.3) is 0 Å². The van der Waals surface area contributed by atoms with Crippen LogP contribution in [0.3, 0.4) is 0 Å². The second-order valence-corrected chi connectivity index (χ2v) is 4.84. The number of aliphatic hydroxyl groups is 1. The summed E-state index contributed by atoms with van der Waals surface area (Å²) in [6.07, 6.45) is 3.06. The van der Waals surface area contributed by atoms with Gasteiger partial charge in [0, 0.05) is 13.0 Å². The van der Waals surface area contributed by atoms with E-state index in [1.807, 2.05) is 0 Å². The number of anilines is 1. The van der Waals surface area contributed by atoms with Gasteiger partial charge in [0.25, 0.3) is 0 Å². The van der Waals surface area contributed by atoms with Crippen LogP contribution < -0.4 is 4.90 Å². The van der Waals surface area contributed by atoms with E-state index < -0.39 is 6.23 Å². The van der Waals surface area contributed by atoms with E-state index in [0.717, 1.165) is 5.01 Å². The minimum absolute atomic E-state index is 0.251. The number of aliphatic hydroxyl groups excluding tert-OH is 1. The summed E-state index contributed by atoms with van der Waals surface area (Å²) in [5, 5.41) is 18.9. The predicted octanol–water partition coefficient (Wildman–Crippen LogP) is 1.01. The zero-order valence-corrected chi connectivity index (χ0v) is 10.6. The van der Waals surface area contributed by atoms with Gasteiger partial charge in [-0.1, -0.05) is 23.5 Å². The number of hydrogen-bond acceptors (Lipinski definition) is 5. The molecule has 0 bridgehead atoms. The van der Waals surface area contributed by atoms with Gasteiger partial charge < -0.3 is 10.0 Å². The molecule has 1 aromatic heterocycles. The molecule has 1 unspecified atom stereocenters. The fourth-order valence-corrected chi connectivity index (χ4v) is 2.58. The van der Waals surface area contributed by atoms with Gasteiger partial charge >= 0.3 is 6.03 Å². The fraction of sp³-hybridized carbons (Fsp3) is 0.364. The van der Waals surface area contributed by atoms with Crippen LogP contribution >= 0.6 is 11.3 Å². The zero-order valence-electron chi connectivity index (χ0n) is 9.82. The zero-order chi connectivity index (χ0) is 13.1. The van der Waals surface area contributed by atoms with Crippen molar-refractivity contribution in [1.29, 1.82) is 0 Å². The number of rotatable bonds is 5. The van der Waals surface area contributed by atoms with E-state index in [2.05, 4.69) is 23.4 Å². The lowest BCUT2D eigenvalue weighted by atomic mass is 10.5. The molecule has 2 rings (SSSR count). The highest BCUT2D eigenvalue weighted by molar-refractivity contribution is 7.15. The summed E-state index contributed by atoms with van der Waals surface area (Å²) in [4.78, 5) is 14.8. The van der Waals surface area contributed by atoms with Crippen molar-refractivity contribution in [3.63, 3.8) is 0 Å². The molecule has 0 radical (unpaired) electrons. The molecule has 0 aromatic carbocycles. The second-order valence-electron chi connectivity index (χ2n) is 3.80. The van der Waals surface area contributed by atoms with Gasteiger partial charge in [-0.05, 0) is 0 Å². The van der Waals surface area contributed by atoms with E-state index in [0.29, 0.717) is 18.1 Å². The number of aromatic nitrogens is 2. The first-order valence-corrected chi connectivity index (χ1v) is 6.29. The second kappa shape index (κ2) is 5.28. The molecule has 96 valence electrons. The molecule has 1 saturated heterocycles. The standard InChI is InChI=1S/C11H14N4O2S/c1-3-5-8-12-13-10(18-8)15-9(16)7-14(6-4-2)11(15)17/h3-4,9,16H,1-2,5-7H2. The molecule has 0 saturated carbocycles. The Kier molecular flexibility index (Phi) is 3.73. The van der Waals surface area contributed by atoms with Crippen LogP contribution in [0.1, 0.15) is 5.01 Å². The molecule has 7 heteroatoms. The number of hydrogen-bond donors (Lipinski definition) is 1. The first-order chi connectivity index (χ1) is 8.67. The highest BCUT2D eigenvalue weighted by Gasteiger charge is 2.38. The van der Waals surface area contributed by atoms with Crippen LogP contribution in [0.5, 0.6) is 0 Å². The normalized spacial score (nSPS) is 19.4. The van der Waals surface area contributed by atoms with Crippen LogP contribution in [-0.2, 0) is 6.42 Å². The molecule has 2 heterocycles. The number of β-amino-alcohol motifs (C(OH)–C–C–N with tert-alkyl or cyclic N) is 1. The maximum Gasteiger partial charge on any atom is 0.329 e. The Bertz CT molecular complexity index is 473. The fourth-order valence-electron chi connectivity index (χ4n) is 1.70. The first kappa shape index (κ1) is 12.7. The van der Waals surface area contributed by atoms with Gasteiger partial charge in [0.1, 0.15) is 5.01 Å². The largest absolute Gasteiger partial charge is 0.371 e. The lowest BCUT2D eigenvalue weighted by molar-refractivity contribution is 0.180. The van der Waals surface area contributed by atoms with Crippen LogP contribution in [0.15, 0.2) is 25.3 Å². The van der Waals surface area contributed by atoms with Crippen molar-refractivity contribution < 1.29 is 9.90 Å². The summed E-state index contributed by atoms with van der Waals surface area (Å²) in [5.41, 5.74) is 0. The maximum absolute atomic E-state index is 12.0. The maximum atomic E-state index is 12.0. The Labute approximate surface area is 109 Å². The molecule has 0 spiro atoms. The topological polar surface area (TPSA) is 69.6 Å². The molecule has 1 aliphatic rings. The first-order valence-electron chi connectivity index (χ1n) is 5.47. The molecule has 1 N–H and O–H groups in total. The molecule has 18 heavy (non-hydrogen) atoms. The minimum atomic E-state index is -0.887. The third kappa shape index (κ3) is 2.27. The Balaban J connectivity index is 2.18. The number of nitrogens with zero attached hydrogens (tertiary/aromatic N) is 4. The molecule has 0 aliphatic carbocycles. The number of carbonyl (C=O) groups is 1. The minimum Gasteiger partial charge on any atom is -0.371 e. The summed E-state index contributed by atoms with van der Waals surface area (Å²) in [7, 11) is 0. The highest BCUT2D eigenvalue weighted by atomic mass is 32.1. The van der Waals surface area contributed by atoms with E-state index >= 15 is 0 Å². The summed E-state index contributed by atoms with van der Waals surface area (Å²) in [6, 6.07) is -0.274. The molecule has 1 aliphatic heterocycles. The number of carbonyl (C=O) groups excluding carboxylic acids is 1. The van der Waals surface area contributed by atoms with Crippen molar-refractivity contribution in [1.82, 2.24) is 15.1 Å². The molecule has 1 fully saturated rings. The Morgan fingerprint density at radius 3 is 2.89 bits per heavy atom. The summed E-state index contributed by atoms with van der Waals surface area (Å²) < 4.78 is 0. The average Bonchev–Trinajstić information content (AvgIpc) is 2.87. The van der Waals surface area contributed by atoms with Crippen molar-refractivity contribution in [2.24, 2.45) is 0 Å². The average molecular weight is 266 g/mol. The third-order valence-electron chi connectivity index (χ3n) is 2.49. The molecule has 6 nitrogen and oxygen atoms in total. The quantitative estimate of drug-likeness (QED) is 0.808. The SMILES string of the molecule is C=CCc1nnc(N2C(=O)N(CC=C)CC2O)s1. The highest BCUT2D eigenvalue weighted by Crippen LogP contribution is 2.27. The van der Waals surface area contributed by atoms with Gasteiger partial charge in [0.15, 0.2) is 6.23 Å². The predicted molar refractivity (Wildman–Crippen MR) is 69.5 cm³/mol. The summed E-state index contributed by atoms with van der Waals surface area (Å²) in [5.74, 6) is 0.